The van der Waals surface area contributed by atoms with E-state index in [1.54, 1.807) is 35.6 Å². The van der Waals surface area contributed by atoms with Crippen LogP contribution in [0.15, 0.2) is 53.7 Å². The monoisotopic (exact) mass is 824 g/mol. The number of nitrogens with zero attached hydrogens (tertiary/aromatic N) is 9. The number of amides is 1. The van der Waals surface area contributed by atoms with Gasteiger partial charge in [0.1, 0.15) is 34.4 Å². The van der Waals surface area contributed by atoms with Crippen molar-refractivity contribution in [2.75, 3.05) is 18.0 Å². The number of rotatable bonds is 6. The number of aryl methyl sites for hydroxylation is 2. The van der Waals surface area contributed by atoms with Crippen molar-refractivity contribution in [3.63, 3.8) is 0 Å². The van der Waals surface area contributed by atoms with Crippen molar-refractivity contribution in [2.24, 2.45) is 16.3 Å². The predicted molar refractivity (Wildman–Crippen MR) is 228 cm³/mol. The van der Waals surface area contributed by atoms with Crippen LogP contribution in [0.25, 0.3) is 5.00 Å². The van der Waals surface area contributed by atoms with Gasteiger partial charge in [0.15, 0.2) is 17.3 Å². The SMILES string of the molecule is Cc1sc2c(c1C)C(c1ccc(C#CC3CC4(CCCN(c5ccc(C(=O)NC6CCC(Oc7ccc(C#N)c(Cl)c7)CC6)nn5)C4)C3)nc1)=N[C@@H](C)c1nnc(C)n1-2. The number of piperidine rings is 1. The van der Waals surface area contributed by atoms with Crippen molar-refractivity contribution >= 4 is 40.4 Å². The molecule has 12 nitrogen and oxygen atoms in total. The lowest BCUT2D eigenvalue weighted by Gasteiger charge is -2.51. The second-order valence-corrected chi connectivity index (χ2v) is 18.1. The largest absolute Gasteiger partial charge is 0.490 e. The van der Waals surface area contributed by atoms with E-state index >= 15 is 0 Å². The van der Waals surface area contributed by atoms with Crippen LogP contribution in [0.5, 0.6) is 5.75 Å². The lowest BCUT2D eigenvalue weighted by atomic mass is 9.58. The summed E-state index contributed by atoms with van der Waals surface area (Å²) in [5, 5.41) is 31.4. The van der Waals surface area contributed by atoms with Gasteiger partial charge >= 0.3 is 0 Å². The summed E-state index contributed by atoms with van der Waals surface area (Å²) in [6.45, 7) is 10.2. The van der Waals surface area contributed by atoms with E-state index in [0.717, 1.165) is 103 Å². The van der Waals surface area contributed by atoms with Gasteiger partial charge in [-0.15, -0.1) is 31.7 Å². The van der Waals surface area contributed by atoms with Crippen molar-refractivity contribution in [3.05, 3.63) is 104 Å². The minimum atomic E-state index is -0.206. The number of aliphatic imine (C=N–C) groups is 1. The van der Waals surface area contributed by atoms with Gasteiger partial charge in [-0.25, -0.2) is 4.98 Å². The number of ether oxygens (including phenoxy) is 1. The van der Waals surface area contributed by atoms with Crippen molar-refractivity contribution in [3.8, 4) is 28.7 Å². The Morgan fingerprint density at radius 3 is 2.59 bits per heavy atom. The standard InChI is InChI=1S/C45H45ClN10O2S/c1-26-28(3)59-44-40(26)41(49-27(2)42-54-51-29(4)56(42)44)32-7-10-33(48-24-32)9-6-30-21-45(22-30)18-5-19-55(25-45)39-17-16-38(52-53-39)43(57)50-34-11-14-35(15-12-34)58-36-13-8-31(23-47)37(46)20-36/h7-8,10,13,16-17,20,24,27,30,34-35H,5,11-12,14-15,18-19,21-22,25H2,1-4H3,(H,50,57)/t27-,30?,34?,35?,45?/m0/s1. The first-order chi connectivity index (χ1) is 28.6. The van der Waals surface area contributed by atoms with Gasteiger partial charge in [0, 0.05) is 53.3 Å². The molecule has 14 heteroatoms. The molecule has 0 bridgehead atoms. The van der Waals surface area contributed by atoms with Crippen LogP contribution < -0.4 is 15.0 Å². The van der Waals surface area contributed by atoms with Crippen molar-refractivity contribution in [1.29, 1.82) is 5.26 Å². The van der Waals surface area contributed by atoms with Crippen molar-refractivity contribution in [1.82, 2.24) is 35.3 Å². The van der Waals surface area contributed by atoms with Crippen LogP contribution in [0.1, 0.15) is 119 Å². The molecule has 1 spiro atoms. The first-order valence-corrected chi connectivity index (χ1v) is 21.6. The molecule has 2 aliphatic carbocycles. The number of fused-ring (bicyclic) bond motifs is 3. The van der Waals surface area contributed by atoms with Crippen molar-refractivity contribution in [2.45, 2.75) is 97.2 Å². The second kappa shape index (κ2) is 15.9. The molecule has 0 radical (unpaired) electrons. The third kappa shape index (κ3) is 7.70. The molecule has 6 heterocycles. The van der Waals surface area contributed by atoms with E-state index in [1.807, 2.05) is 25.3 Å². The molecule has 1 N–H and O–H groups in total. The second-order valence-electron chi connectivity index (χ2n) is 16.5. The molecule has 1 amide bonds. The van der Waals surface area contributed by atoms with Crippen LogP contribution >= 0.6 is 22.9 Å². The van der Waals surface area contributed by atoms with E-state index in [2.05, 4.69) is 79.9 Å². The summed E-state index contributed by atoms with van der Waals surface area (Å²) in [5.74, 6) is 10.2. The lowest BCUT2D eigenvalue weighted by Crippen LogP contribution is -2.50. The zero-order valence-corrected chi connectivity index (χ0v) is 35.2. The first-order valence-electron chi connectivity index (χ1n) is 20.4. The first kappa shape index (κ1) is 38.9. The highest BCUT2D eigenvalue weighted by Crippen LogP contribution is 2.51. The number of anilines is 1. The van der Waals surface area contributed by atoms with Gasteiger partial charge in [0.2, 0.25) is 0 Å². The summed E-state index contributed by atoms with van der Waals surface area (Å²) in [4.78, 5) is 26.6. The number of carbonyl (C=O) groups excluding carboxylic acids is 1. The third-order valence-corrected chi connectivity index (χ3v) is 13.9. The Morgan fingerprint density at radius 2 is 1.86 bits per heavy atom. The van der Waals surface area contributed by atoms with Crippen molar-refractivity contribution < 1.29 is 9.53 Å². The Balaban J connectivity index is 0.772. The molecule has 4 aromatic heterocycles. The fourth-order valence-electron chi connectivity index (χ4n) is 9.14. The molecular weight excluding hydrogens is 780 g/mol. The minimum Gasteiger partial charge on any atom is -0.490 e. The fraction of sp³-hybridized carbons (Fsp3) is 0.422. The Bertz CT molecular complexity index is 2550. The van der Waals surface area contributed by atoms with Gasteiger partial charge in [-0.3, -0.25) is 14.4 Å². The maximum atomic E-state index is 13.1. The summed E-state index contributed by atoms with van der Waals surface area (Å²) in [5.41, 5.74) is 5.98. The number of pyridine rings is 1. The van der Waals surface area contributed by atoms with E-state index in [1.165, 1.54) is 16.9 Å². The zero-order chi connectivity index (χ0) is 40.8. The molecule has 1 saturated heterocycles. The Hall–Kier alpha value is -5.63. The number of nitrogens with one attached hydrogen (secondary N) is 1. The average Bonchev–Trinajstić information content (AvgIpc) is 3.72. The molecule has 9 rings (SSSR count). The molecule has 1 aromatic carbocycles. The van der Waals surface area contributed by atoms with Gasteiger partial charge in [-0.1, -0.05) is 17.5 Å². The van der Waals surface area contributed by atoms with E-state index in [-0.39, 0.29) is 29.5 Å². The van der Waals surface area contributed by atoms with E-state index < -0.39 is 0 Å². The normalized spacial score (nSPS) is 23.4. The zero-order valence-electron chi connectivity index (χ0n) is 33.6. The van der Waals surface area contributed by atoms with Crippen LogP contribution in [0.2, 0.25) is 5.02 Å². The number of hydrogen-bond donors (Lipinski definition) is 1. The molecule has 0 unspecified atom stereocenters. The number of hydrogen-bond acceptors (Lipinski definition) is 11. The van der Waals surface area contributed by atoms with Gasteiger partial charge in [0.25, 0.3) is 5.91 Å². The van der Waals surface area contributed by atoms with Crippen LogP contribution in [-0.2, 0) is 0 Å². The third-order valence-electron chi connectivity index (χ3n) is 12.4. The van der Waals surface area contributed by atoms with E-state index in [4.69, 9.17) is 31.6 Å². The maximum Gasteiger partial charge on any atom is 0.272 e. The fourth-order valence-corrected chi connectivity index (χ4v) is 10.6. The Kier molecular flexibility index (Phi) is 10.4. The van der Waals surface area contributed by atoms with Gasteiger partial charge in [-0.2, -0.15) is 5.26 Å². The molecule has 300 valence electrons. The summed E-state index contributed by atoms with van der Waals surface area (Å²) in [6.07, 6.45) is 9.51. The van der Waals surface area contributed by atoms with E-state index in [0.29, 0.717) is 27.9 Å². The number of aromatic nitrogens is 6. The van der Waals surface area contributed by atoms with Gasteiger partial charge in [-0.05, 0) is 132 Å². The van der Waals surface area contributed by atoms with Gasteiger partial charge in [0.05, 0.1) is 22.4 Å². The smallest absolute Gasteiger partial charge is 0.272 e. The van der Waals surface area contributed by atoms with Crippen LogP contribution in [0.4, 0.5) is 5.82 Å². The molecule has 2 saturated carbocycles. The number of thiophene rings is 1. The van der Waals surface area contributed by atoms with E-state index in [9.17, 15) is 4.79 Å². The lowest BCUT2D eigenvalue weighted by molar-refractivity contribution is 0.0684. The number of benzene rings is 1. The number of halogens is 1. The maximum absolute atomic E-state index is 13.1. The van der Waals surface area contributed by atoms with Gasteiger partial charge < -0.3 is 15.0 Å². The van der Waals surface area contributed by atoms with Crippen LogP contribution in [0.3, 0.4) is 0 Å². The molecule has 4 aliphatic rings. The predicted octanol–water partition coefficient (Wildman–Crippen LogP) is 8.04. The summed E-state index contributed by atoms with van der Waals surface area (Å²) < 4.78 is 8.26. The highest BCUT2D eigenvalue weighted by atomic mass is 35.5. The summed E-state index contributed by atoms with van der Waals surface area (Å²) in [6, 6.07) is 14.9. The topological polar surface area (TPSA) is 147 Å². The summed E-state index contributed by atoms with van der Waals surface area (Å²) >= 11 is 7.92. The van der Waals surface area contributed by atoms with Crippen LogP contribution in [-0.4, -0.2) is 66.8 Å². The van der Waals surface area contributed by atoms with Crippen LogP contribution in [0, 0.1) is 55.3 Å². The molecule has 1 atom stereocenters. The molecule has 3 fully saturated rings. The highest BCUT2D eigenvalue weighted by molar-refractivity contribution is 7.15. The molecule has 2 aliphatic heterocycles. The number of carbonyl (C=O) groups is 1. The average molecular weight is 825 g/mol. The summed E-state index contributed by atoms with van der Waals surface area (Å²) in [7, 11) is 0. The quantitative estimate of drug-likeness (QED) is 0.168. The molecule has 59 heavy (non-hydrogen) atoms. The Morgan fingerprint density at radius 1 is 1.03 bits per heavy atom. The molecule has 5 aromatic rings. The molecular formula is C45H45ClN10O2S. The minimum absolute atomic E-state index is 0.0319. The number of nitriles is 1. The highest BCUT2D eigenvalue weighted by Gasteiger charge is 2.46. The Labute approximate surface area is 353 Å².